The highest BCUT2D eigenvalue weighted by molar-refractivity contribution is 6.44. The zero-order chi connectivity index (χ0) is 19.1. The molecule has 1 saturated heterocycles. The molecule has 4 rings (SSSR count). The number of hydrogen-bond donors (Lipinski definition) is 0. The molecule has 3 heterocycles. The van der Waals surface area contributed by atoms with Gasteiger partial charge in [-0.2, -0.15) is 0 Å². The smallest absolute Gasteiger partial charge is 0.272 e. The highest BCUT2D eigenvalue weighted by Crippen LogP contribution is 2.33. The predicted octanol–water partition coefficient (Wildman–Crippen LogP) is 0.998. The molecule has 3 amide bonds. The second-order valence-electron chi connectivity index (χ2n) is 6.95. The summed E-state index contributed by atoms with van der Waals surface area (Å²) in [6, 6.07) is 7.30. The highest BCUT2D eigenvalue weighted by atomic mass is 16.2. The second-order valence-corrected chi connectivity index (χ2v) is 6.95. The lowest BCUT2D eigenvalue weighted by molar-refractivity contribution is -0.133. The number of benzene rings is 1. The first-order valence-corrected chi connectivity index (χ1v) is 8.82. The first-order valence-electron chi connectivity index (χ1n) is 8.82. The molecule has 3 aliphatic heterocycles. The second kappa shape index (κ2) is 6.50. The van der Waals surface area contributed by atoms with Gasteiger partial charge in [0, 0.05) is 45.1 Å². The summed E-state index contributed by atoms with van der Waals surface area (Å²) in [6.07, 6.45) is 5.38. The Morgan fingerprint density at radius 3 is 2.56 bits per heavy atom. The lowest BCUT2D eigenvalue weighted by atomic mass is 9.87. The van der Waals surface area contributed by atoms with Crippen LogP contribution in [0, 0.1) is 5.92 Å². The number of aliphatic imine (C=N–C) groups is 1. The first kappa shape index (κ1) is 17.2. The van der Waals surface area contributed by atoms with Crippen molar-refractivity contribution in [1.29, 1.82) is 0 Å². The van der Waals surface area contributed by atoms with E-state index in [-0.39, 0.29) is 30.2 Å². The van der Waals surface area contributed by atoms with E-state index in [4.69, 9.17) is 0 Å². The third-order valence-corrected chi connectivity index (χ3v) is 5.20. The van der Waals surface area contributed by atoms with Crippen LogP contribution in [-0.2, 0) is 9.59 Å². The Morgan fingerprint density at radius 1 is 1.11 bits per heavy atom. The monoisotopic (exact) mass is 364 g/mol. The maximum Gasteiger partial charge on any atom is 0.272 e. The van der Waals surface area contributed by atoms with E-state index in [1.54, 1.807) is 42.2 Å². The summed E-state index contributed by atoms with van der Waals surface area (Å²) in [7, 11) is 3.45. The van der Waals surface area contributed by atoms with Crippen LogP contribution in [0.1, 0.15) is 15.9 Å². The maximum absolute atomic E-state index is 12.7. The minimum atomic E-state index is -0.148. The molecule has 0 aromatic heterocycles. The summed E-state index contributed by atoms with van der Waals surface area (Å²) < 4.78 is 0. The van der Waals surface area contributed by atoms with Crippen LogP contribution in [0.2, 0.25) is 0 Å². The quantitative estimate of drug-likeness (QED) is 0.786. The lowest BCUT2D eigenvalue weighted by Crippen LogP contribution is -2.50. The van der Waals surface area contributed by atoms with Crippen molar-refractivity contribution in [3.63, 3.8) is 0 Å². The Balaban J connectivity index is 1.56. The summed E-state index contributed by atoms with van der Waals surface area (Å²) in [4.78, 5) is 45.6. The number of hydrogen-bond acceptors (Lipinski definition) is 4. The fourth-order valence-electron chi connectivity index (χ4n) is 3.52. The van der Waals surface area contributed by atoms with Crippen LogP contribution in [0.3, 0.4) is 0 Å². The molecule has 3 aliphatic rings. The highest BCUT2D eigenvalue weighted by Gasteiger charge is 2.34. The third-order valence-electron chi connectivity index (χ3n) is 5.20. The zero-order valence-electron chi connectivity index (χ0n) is 15.3. The number of likely N-dealkylation sites (N-methyl/N-ethyl adjacent to an activating group) is 1. The van der Waals surface area contributed by atoms with Gasteiger partial charge in [-0.1, -0.05) is 18.2 Å². The van der Waals surface area contributed by atoms with Gasteiger partial charge < -0.3 is 14.7 Å². The van der Waals surface area contributed by atoms with Crippen molar-refractivity contribution in [1.82, 2.24) is 14.7 Å². The number of allylic oxidation sites excluding steroid dienone is 2. The van der Waals surface area contributed by atoms with Crippen molar-refractivity contribution in [3.8, 4) is 0 Å². The summed E-state index contributed by atoms with van der Waals surface area (Å²) in [5.41, 5.74) is 2.97. The lowest BCUT2D eigenvalue weighted by Gasteiger charge is -2.32. The minimum Gasteiger partial charge on any atom is -0.342 e. The molecule has 138 valence electrons. The van der Waals surface area contributed by atoms with Crippen molar-refractivity contribution in [3.05, 3.63) is 53.9 Å². The van der Waals surface area contributed by atoms with Crippen molar-refractivity contribution in [2.45, 2.75) is 0 Å². The average Bonchev–Trinajstić information content (AvgIpc) is 3.16. The molecule has 0 spiro atoms. The molecule has 0 radical (unpaired) electrons. The SMILES string of the molecule is CN1C=C(c2ccc(C(=O)N3CCN(C)C(=O)C3)cc2)C2C=CN=C2C1=O. The Kier molecular flexibility index (Phi) is 4.14. The fourth-order valence-corrected chi connectivity index (χ4v) is 3.52. The maximum atomic E-state index is 12.7. The first-order chi connectivity index (χ1) is 13.0. The summed E-state index contributed by atoms with van der Waals surface area (Å²) in [5.74, 6) is -0.437. The standard InChI is InChI=1S/C20H20N4O3/c1-22-9-10-24(12-17(22)25)19(26)14-5-3-13(4-6-14)16-11-23(2)20(27)18-15(16)7-8-21-18/h3-8,11,15H,9-10,12H2,1-2H3. The molecule has 0 aliphatic carbocycles. The molecular formula is C20H20N4O3. The third kappa shape index (κ3) is 2.95. The number of fused-ring (bicyclic) bond motifs is 1. The summed E-state index contributed by atoms with van der Waals surface area (Å²) in [6.45, 7) is 1.20. The number of amides is 3. The van der Waals surface area contributed by atoms with Gasteiger partial charge in [0.25, 0.3) is 11.8 Å². The van der Waals surface area contributed by atoms with Crippen molar-refractivity contribution in [2.24, 2.45) is 10.9 Å². The van der Waals surface area contributed by atoms with Crippen LogP contribution in [0.25, 0.3) is 5.57 Å². The largest absolute Gasteiger partial charge is 0.342 e. The van der Waals surface area contributed by atoms with Crippen LogP contribution in [0.5, 0.6) is 0 Å². The molecule has 0 N–H and O–H groups in total. The van der Waals surface area contributed by atoms with Crippen LogP contribution in [0.4, 0.5) is 0 Å². The molecule has 27 heavy (non-hydrogen) atoms. The molecule has 0 saturated carbocycles. The van der Waals surface area contributed by atoms with E-state index >= 15 is 0 Å². The van der Waals surface area contributed by atoms with Gasteiger partial charge in [0.2, 0.25) is 5.91 Å². The van der Waals surface area contributed by atoms with Gasteiger partial charge in [-0.3, -0.25) is 19.4 Å². The van der Waals surface area contributed by atoms with E-state index in [0.717, 1.165) is 11.1 Å². The fraction of sp³-hybridized carbons (Fsp3) is 0.300. The molecule has 0 bridgehead atoms. The topological polar surface area (TPSA) is 73.3 Å². The molecule has 7 nitrogen and oxygen atoms in total. The summed E-state index contributed by atoms with van der Waals surface area (Å²) >= 11 is 0. The van der Waals surface area contributed by atoms with Crippen LogP contribution in [-0.4, -0.2) is 71.9 Å². The van der Waals surface area contributed by atoms with E-state index < -0.39 is 0 Å². The van der Waals surface area contributed by atoms with Crippen molar-refractivity contribution >= 4 is 29.0 Å². The number of rotatable bonds is 2. The van der Waals surface area contributed by atoms with E-state index in [9.17, 15) is 14.4 Å². The van der Waals surface area contributed by atoms with E-state index in [1.807, 2.05) is 24.4 Å². The molecule has 1 aromatic carbocycles. The van der Waals surface area contributed by atoms with Gasteiger partial charge in [0.1, 0.15) is 12.3 Å². The molecular weight excluding hydrogens is 344 g/mol. The van der Waals surface area contributed by atoms with Crippen molar-refractivity contribution in [2.75, 3.05) is 33.7 Å². The van der Waals surface area contributed by atoms with E-state index in [1.165, 1.54) is 4.90 Å². The average molecular weight is 364 g/mol. The zero-order valence-corrected chi connectivity index (χ0v) is 15.3. The summed E-state index contributed by atoms with van der Waals surface area (Å²) in [5, 5.41) is 0. The normalized spacial score (nSPS) is 22.0. The van der Waals surface area contributed by atoms with Crippen LogP contribution in [0.15, 0.2) is 47.7 Å². The Hall–Kier alpha value is -3.22. The number of carbonyl (C=O) groups excluding carboxylic acids is 3. The molecule has 1 unspecified atom stereocenters. The van der Waals surface area contributed by atoms with Gasteiger partial charge in [-0.15, -0.1) is 0 Å². The van der Waals surface area contributed by atoms with Gasteiger partial charge in [-0.05, 0) is 23.3 Å². The van der Waals surface area contributed by atoms with Gasteiger partial charge in [0.05, 0.1) is 5.92 Å². The number of piperazine rings is 1. The van der Waals surface area contributed by atoms with Gasteiger partial charge >= 0.3 is 0 Å². The van der Waals surface area contributed by atoms with E-state index in [0.29, 0.717) is 24.4 Å². The van der Waals surface area contributed by atoms with Crippen LogP contribution < -0.4 is 0 Å². The number of nitrogens with zero attached hydrogens (tertiary/aromatic N) is 4. The molecule has 1 aromatic rings. The molecule has 1 atom stereocenters. The predicted molar refractivity (Wildman–Crippen MR) is 101 cm³/mol. The molecule has 1 fully saturated rings. The van der Waals surface area contributed by atoms with Gasteiger partial charge in [0.15, 0.2) is 0 Å². The number of carbonyl (C=O) groups is 3. The van der Waals surface area contributed by atoms with Crippen molar-refractivity contribution < 1.29 is 14.4 Å². The Morgan fingerprint density at radius 2 is 1.85 bits per heavy atom. The van der Waals surface area contributed by atoms with E-state index in [2.05, 4.69) is 4.99 Å². The Labute approximate surface area is 157 Å². The minimum absolute atomic E-state index is 0.0499. The van der Waals surface area contributed by atoms with Gasteiger partial charge in [-0.25, -0.2) is 0 Å². The Bertz CT molecular complexity index is 914. The van der Waals surface area contributed by atoms with Crippen LogP contribution >= 0.6 is 0 Å². The molecule has 7 heteroatoms.